The number of ether oxygens (including phenoxy) is 2. The van der Waals surface area contributed by atoms with Crippen molar-refractivity contribution < 1.29 is 23.9 Å². The molecule has 0 heterocycles. The monoisotopic (exact) mass is 300 g/mol. The van der Waals surface area contributed by atoms with Crippen molar-refractivity contribution in [1.29, 1.82) is 0 Å². The van der Waals surface area contributed by atoms with Crippen molar-refractivity contribution in [3.05, 3.63) is 12.7 Å². The van der Waals surface area contributed by atoms with Crippen LogP contribution in [-0.4, -0.2) is 42.8 Å². The van der Waals surface area contributed by atoms with Gasteiger partial charge in [0.1, 0.15) is 17.7 Å². The number of amides is 2. The molecule has 0 rings (SSSR count). The zero-order valence-electron chi connectivity index (χ0n) is 13.2. The van der Waals surface area contributed by atoms with Gasteiger partial charge in [0, 0.05) is 0 Å². The lowest BCUT2D eigenvalue weighted by Gasteiger charge is -2.22. The quantitative estimate of drug-likeness (QED) is 0.566. The van der Waals surface area contributed by atoms with Crippen LogP contribution >= 0.6 is 0 Å². The number of nitrogens with one attached hydrogen (secondary N) is 2. The fourth-order valence-electron chi connectivity index (χ4n) is 1.37. The highest BCUT2D eigenvalue weighted by molar-refractivity contribution is 5.89. The van der Waals surface area contributed by atoms with Crippen molar-refractivity contribution in [2.45, 2.75) is 51.8 Å². The average Bonchev–Trinajstić information content (AvgIpc) is 2.34. The van der Waals surface area contributed by atoms with Gasteiger partial charge < -0.3 is 20.1 Å². The van der Waals surface area contributed by atoms with Gasteiger partial charge in [-0.3, -0.25) is 4.79 Å². The van der Waals surface area contributed by atoms with E-state index >= 15 is 0 Å². The van der Waals surface area contributed by atoms with Crippen molar-refractivity contribution in [1.82, 2.24) is 10.6 Å². The Labute approximate surface area is 125 Å². The van der Waals surface area contributed by atoms with E-state index in [4.69, 9.17) is 4.74 Å². The van der Waals surface area contributed by atoms with E-state index in [9.17, 15) is 14.4 Å². The van der Waals surface area contributed by atoms with Gasteiger partial charge in [-0.2, -0.15) is 0 Å². The molecule has 2 atom stereocenters. The lowest BCUT2D eigenvalue weighted by molar-refractivity contribution is -0.145. The van der Waals surface area contributed by atoms with Crippen LogP contribution in [0.15, 0.2) is 12.7 Å². The second-order valence-corrected chi connectivity index (χ2v) is 5.48. The molecule has 2 N–H and O–H groups in total. The van der Waals surface area contributed by atoms with Crippen LogP contribution in [0.1, 0.15) is 34.1 Å². The molecule has 0 aliphatic carbocycles. The molecule has 0 spiro atoms. The van der Waals surface area contributed by atoms with E-state index in [1.54, 1.807) is 20.8 Å². The van der Waals surface area contributed by atoms with E-state index in [1.807, 2.05) is 0 Å². The predicted molar refractivity (Wildman–Crippen MR) is 77.6 cm³/mol. The minimum atomic E-state index is -0.850. The Morgan fingerprint density at radius 1 is 1.24 bits per heavy atom. The Bertz CT molecular complexity index is 401. The molecule has 2 amide bonds. The Morgan fingerprint density at radius 2 is 1.81 bits per heavy atom. The van der Waals surface area contributed by atoms with E-state index in [0.717, 1.165) is 0 Å². The lowest BCUT2D eigenvalue weighted by atomic mass is 10.2. The molecule has 0 unspecified atom stereocenters. The number of hydrogen-bond acceptors (Lipinski definition) is 5. The zero-order chi connectivity index (χ0) is 16.6. The molecule has 0 aromatic heterocycles. The van der Waals surface area contributed by atoms with Gasteiger partial charge in [0.25, 0.3) is 0 Å². The Morgan fingerprint density at radius 3 is 2.24 bits per heavy atom. The Balaban J connectivity index is 4.52. The summed E-state index contributed by atoms with van der Waals surface area (Å²) in [5.41, 5.74) is -0.655. The topological polar surface area (TPSA) is 93.7 Å². The third kappa shape index (κ3) is 7.96. The van der Waals surface area contributed by atoms with Crippen molar-refractivity contribution in [3.63, 3.8) is 0 Å². The third-order valence-electron chi connectivity index (χ3n) is 2.33. The second kappa shape index (κ2) is 8.28. The highest BCUT2D eigenvalue weighted by Crippen LogP contribution is 2.06. The summed E-state index contributed by atoms with van der Waals surface area (Å²) in [6.07, 6.45) is 1.02. The van der Waals surface area contributed by atoms with Gasteiger partial charge in [0.2, 0.25) is 5.91 Å². The summed E-state index contributed by atoms with van der Waals surface area (Å²) in [6.45, 7) is 10.1. The molecule has 0 aromatic rings. The SMILES string of the molecule is C=CC[C@H](NC(=O)[C@H](C)NC(=O)OC(C)(C)C)C(=O)OC. The van der Waals surface area contributed by atoms with E-state index in [2.05, 4.69) is 21.9 Å². The smallest absolute Gasteiger partial charge is 0.408 e. The van der Waals surface area contributed by atoms with Crippen LogP contribution in [0.4, 0.5) is 4.79 Å². The molecule has 21 heavy (non-hydrogen) atoms. The lowest BCUT2D eigenvalue weighted by Crippen LogP contribution is -2.51. The number of rotatable bonds is 6. The maximum absolute atomic E-state index is 11.9. The first-order chi connectivity index (χ1) is 9.60. The first-order valence-corrected chi connectivity index (χ1v) is 6.59. The fraction of sp³-hybridized carbons (Fsp3) is 0.643. The molecular weight excluding hydrogens is 276 g/mol. The highest BCUT2D eigenvalue weighted by atomic mass is 16.6. The minimum absolute atomic E-state index is 0.234. The second-order valence-electron chi connectivity index (χ2n) is 5.48. The van der Waals surface area contributed by atoms with Crippen LogP contribution in [-0.2, 0) is 19.1 Å². The van der Waals surface area contributed by atoms with Gasteiger partial charge in [-0.25, -0.2) is 9.59 Å². The maximum Gasteiger partial charge on any atom is 0.408 e. The molecule has 0 aliphatic rings. The van der Waals surface area contributed by atoms with Crippen molar-refractivity contribution in [3.8, 4) is 0 Å². The maximum atomic E-state index is 11.9. The van der Waals surface area contributed by atoms with E-state index in [0.29, 0.717) is 0 Å². The zero-order valence-corrected chi connectivity index (χ0v) is 13.2. The van der Waals surface area contributed by atoms with Crippen molar-refractivity contribution >= 4 is 18.0 Å². The van der Waals surface area contributed by atoms with Crippen LogP contribution in [0, 0.1) is 0 Å². The highest BCUT2D eigenvalue weighted by Gasteiger charge is 2.25. The molecule has 120 valence electrons. The summed E-state index contributed by atoms with van der Waals surface area (Å²) < 4.78 is 9.62. The summed E-state index contributed by atoms with van der Waals surface area (Å²) in [5.74, 6) is -1.09. The first-order valence-electron chi connectivity index (χ1n) is 6.59. The van der Waals surface area contributed by atoms with E-state index < -0.39 is 35.7 Å². The van der Waals surface area contributed by atoms with Crippen LogP contribution in [0.5, 0.6) is 0 Å². The molecule has 0 aliphatic heterocycles. The fourth-order valence-corrected chi connectivity index (χ4v) is 1.37. The number of methoxy groups -OCH3 is 1. The van der Waals surface area contributed by atoms with Crippen LogP contribution < -0.4 is 10.6 Å². The number of alkyl carbamates (subject to hydrolysis) is 1. The van der Waals surface area contributed by atoms with Gasteiger partial charge >= 0.3 is 12.1 Å². The van der Waals surface area contributed by atoms with Crippen LogP contribution in [0.25, 0.3) is 0 Å². The van der Waals surface area contributed by atoms with Gasteiger partial charge in [-0.15, -0.1) is 6.58 Å². The number of esters is 1. The van der Waals surface area contributed by atoms with Gasteiger partial charge in [0.05, 0.1) is 7.11 Å². The first kappa shape index (κ1) is 18.9. The van der Waals surface area contributed by atoms with Gasteiger partial charge in [-0.05, 0) is 34.1 Å². The van der Waals surface area contributed by atoms with Crippen LogP contribution in [0.2, 0.25) is 0 Å². The Hall–Kier alpha value is -2.05. The molecule has 0 saturated heterocycles. The third-order valence-corrected chi connectivity index (χ3v) is 2.33. The summed E-state index contributed by atoms with van der Waals surface area (Å²) in [5, 5.41) is 4.87. The molecule has 0 aromatic carbocycles. The molecule has 0 radical (unpaired) electrons. The normalized spacial score (nSPS) is 13.6. The van der Waals surface area contributed by atoms with Gasteiger partial charge in [0.15, 0.2) is 0 Å². The largest absolute Gasteiger partial charge is 0.467 e. The number of carbonyl (C=O) groups excluding carboxylic acids is 3. The minimum Gasteiger partial charge on any atom is -0.467 e. The van der Waals surface area contributed by atoms with Crippen molar-refractivity contribution in [2.24, 2.45) is 0 Å². The predicted octanol–water partition coefficient (Wildman–Crippen LogP) is 1.13. The molecule has 7 nitrogen and oxygen atoms in total. The van der Waals surface area contributed by atoms with Crippen molar-refractivity contribution in [2.75, 3.05) is 7.11 Å². The summed E-state index contributed by atoms with van der Waals surface area (Å²) in [7, 11) is 1.23. The van der Waals surface area contributed by atoms with Crippen LogP contribution in [0.3, 0.4) is 0 Å². The molecular formula is C14H24N2O5. The van der Waals surface area contributed by atoms with E-state index in [1.165, 1.54) is 20.1 Å². The number of carbonyl (C=O) groups is 3. The molecule has 0 bridgehead atoms. The summed E-state index contributed by atoms with van der Waals surface area (Å²) in [6, 6.07) is -1.68. The van der Waals surface area contributed by atoms with Gasteiger partial charge in [-0.1, -0.05) is 6.08 Å². The number of hydrogen-bond donors (Lipinski definition) is 2. The molecule has 0 fully saturated rings. The Kier molecular flexibility index (Phi) is 7.48. The van der Waals surface area contributed by atoms with E-state index in [-0.39, 0.29) is 6.42 Å². The summed E-state index contributed by atoms with van der Waals surface area (Å²) >= 11 is 0. The average molecular weight is 300 g/mol. The summed E-state index contributed by atoms with van der Waals surface area (Å²) in [4.78, 5) is 35.0. The standard InChI is InChI=1S/C14H24N2O5/c1-7-8-10(12(18)20-6)16-11(17)9(2)15-13(19)21-14(3,4)5/h7,9-10H,1,8H2,2-6H3,(H,15,19)(H,16,17)/t9-,10-/m0/s1. The molecule has 7 heteroatoms. The molecule has 0 saturated carbocycles.